The van der Waals surface area contributed by atoms with Gasteiger partial charge in [0.05, 0.1) is 18.2 Å². The summed E-state index contributed by atoms with van der Waals surface area (Å²) in [5, 5.41) is 11.1. The lowest BCUT2D eigenvalue weighted by Gasteiger charge is -2.13. The van der Waals surface area contributed by atoms with Crippen LogP contribution in [-0.4, -0.2) is 16.8 Å². The maximum absolute atomic E-state index is 12.6. The molecule has 0 saturated carbocycles. The molecule has 106 valence electrons. The van der Waals surface area contributed by atoms with E-state index in [2.05, 4.69) is 0 Å². The second kappa shape index (κ2) is 4.98. The van der Waals surface area contributed by atoms with Crippen molar-refractivity contribution in [2.75, 3.05) is 7.11 Å². The summed E-state index contributed by atoms with van der Waals surface area (Å²) >= 11 is 0. The van der Waals surface area contributed by atoms with Crippen LogP contribution in [0.5, 0.6) is 11.5 Å². The molecule has 4 nitrogen and oxygen atoms in total. The zero-order valence-corrected chi connectivity index (χ0v) is 11.8. The summed E-state index contributed by atoms with van der Waals surface area (Å²) in [4.78, 5) is 12.6. The molecule has 1 N–H and O–H groups in total. The molecule has 0 atom stereocenters. The predicted octanol–water partition coefficient (Wildman–Crippen LogP) is 2.92. The Hall–Kier alpha value is -2.75. The number of benzene rings is 2. The molecule has 0 spiro atoms. The molecule has 0 aliphatic carbocycles. The van der Waals surface area contributed by atoms with Gasteiger partial charge < -0.3 is 14.4 Å². The summed E-state index contributed by atoms with van der Waals surface area (Å²) in [7, 11) is 3.26. The van der Waals surface area contributed by atoms with E-state index in [9.17, 15) is 9.90 Å². The van der Waals surface area contributed by atoms with Gasteiger partial charge in [-0.2, -0.15) is 0 Å². The zero-order valence-electron chi connectivity index (χ0n) is 11.8. The number of fused-ring (bicyclic) bond motifs is 1. The first kappa shape index (κ1) is 13.2. The van der Waals surface area contributed by atoms with Crippen LogP contribution in [0, 0.1) is 0 Å². The molecule has 0 amide bonds. The second-order valence-electron chi connectivity index (χ2n) is 4.84. The van der Waals surface area contributed by atoms with E-state index in [1.165, 1.54) is 4.57 Å². The number of ether oxygens (including phenoxy) is 1. The zero-order chi connectivity index (χ0) is 15.0. The van der Waals surface area contributed by atoms with E-state index in [1.54, 1.807) is 32.4 Å². The van der Waals surface area contributed by atoms with E-state index >= 15 is 0 Å². The van der Waals surface area contributed by atoms with Gasteiger partial charge in [0.1, 0.15) is 11.5 Å². The van der Waals surface area contributed by atoms with Gasteiger partial charge in [-0.3, -0.25) is 4.79 Å². The van der Waals surface area contributed by atoms with Crippen molar-refractivity contribution in [3.05, 3.63) is 58.9 Å². The Labute approximate surface area is 121 Å². The smallest absolute Gasteiger partial charge is 0.262 e. The summed E-state index contributed by atoms with van der Waals surface area (Å²) in [6.07, 6.45) is 0. The van der Waals surface area contributed by atoms with Crippen molar-refractivity contribution in [3.8, 4) is 22.6 Å². The molecular weight excluding hydrogens is 266 g/mol. The highest BCUT2D eigenvalue weighted by Crippen LogP contribution is 2.34. The number of aromatic nitrogens is 1. The Bertz CT molecular complexity index is 867. The van der Waals surface area contributed by atoms with Crippen molar-refractivity contribution in [3.63, 3.8) is 0 Å². The summed E-state index contributed by atoms with van der Waals surface area (Å²) in [5.41, 5.74) is 1.42. The molecular formula is C17H15NO3. The van der Waals surface area contributed by atoms with Gasteiger partial charge in [-0.15, -0.1) is 0 Å². The average molecular weight is 281 g/mol. The third-order valence-corrected chi connectivity index (χ3v) is 3.64. The van der Waals surface area contributed by atoms with Crippen molar-refractivity contribution in [1.82, 2.24) is 4.57 Å². The Morgan fingerprint density at radius 2 is 1.81 bits per heavy atom. The van der Waals surface area contributed by atoms with E-state index in [4.69, 9.17) is 4.74 Å². The Balaban J connectivity index is 2.41. The highest BCUT2D eigenvalue weighted by molar-refractivity contribution is 5.92. The van der Waals surface area contributed by atoms with E-state index < -0.39 is 0 Å². The minimum Gasteiger partial charge on any atom is -0.506 e. The molecule has 0 aliphatic heterocycles. The van der Waals surface area contributed by atoms with E-state index in [0.717, 1.165) is 0 Å². The lowest BCUT2D eigenvalue weighted by molar-refractivity contribution is 0.415. The lowest BCUT2D eigenvalue weighted by Crippen LogP contribution is -2.19. The monoisotopic (exact) mass is 281 g/mol. The fraction of sp³-hybridized carbons (Fsp3) is 0.118. The number of methoxy groups -OCH3 is 1. The fourth-order valence-electron chi connectivity index (χ4n) is 2.49. The summed E-state index contributed by atoms with van der Waals surface area (Å²) < 4.78 is 6.70. The van der Waals surface area contributed by atoms with Gasteiger partial charge in [-0.25, -0.2) is 0 Å². The van der Waals surface area contributed by atoms with Crippen molar-refractivity contribution >= 4 is 10.9 Å². The van der Waals surface area contributed by atoms with Gasteiger partial charge >= 0.3 is 0 Å². The molecule has 21 heavy (non-hydrogen) atoms. The molecule has 1 heterocycles. The molecule has 0 bridgehead atoms. The third kappa shape index (κ3) is 2.05. The van der Waals surface area contributed by atoms with Crippen LogP contribution < -0.4 is 10.3 Å². The Morgan fingerprint density at radius 1 is 1.10 bits per heavy atom. The standard InChI is InChI=1S/C17H15NO3/c1-18-14-10-12(21-2)8-9-13(14)16(19)15(17(18)20)11-6-4-3-5-7-11/h3-10,19H,1-2H3. The SMILES string of the molecule is COc1ccc2c(O)c(-c3ccccc3)c(=O)n(C)c2c1. The van der Waals surface area contributed by atoms with E-state index in [1.807, 2.05) is 30.3 Å². The molecule has 0 aliphatic rings. The van der Waals surface area contributed by atoms with Crippen LogP contribution >= 0.6 is 0 Å². The van der Waals surface area contributed by atoms with Crippen molar-refractivity contribution in [1.29, 1.82) is 0 Å². The molecule has 0 unspecified atom stereocenters. The molecule has 3 rings (SSSR count). The first-order valence-corrected chi connectivity index (χ1v) is 6.58. The van der Waals surface area contributed by atoms with Gasteiger partial charge in [0.15, 0.2) is 0 Å². The molecule has 1 aromatic heterocycles. The Morgan fingerprint density at radius 3 is 2.48 bits per heavy atom. The van der Waals surface area contributed by atoms with Crippen LogP contribution in [0.25, 0.3) is 22.0 Å². The highest BCUT2D eigenvalue weighted by Gasteiger charge is 2.16. The topological polar surface area (TPSA) is 51.5 Å². The molecule has 0 radical (unpaired) electrons. The molecule has 3 aromatic rings. The molecule has 0 fully saturated rings. The summed E-state index contributed by atoms with van der Waals surface area (Å²) in [5.74, 6) is 0.645. The maximum atomic E-state index is 12.6. The van der Waals surface area contributed by atoms with Crippen LogP contribution in [0.3, 0.4) is 0 Å². The van der Waals surface area contributed by atoms with Gasteiger partial charge in [-0.05, 0) is 17.7 Å². The first-order chi connectivity index (χ1) is 10.1. The van der Waals surface area contributed by atoms with Crippen molar-refractivity contribution in [2.24, 2.45) is 7.05 Å². The number of pyridine rings is 1. The van der Waals surface area contributed by atoms with Gasteiger partial charge in [0.2, 0.25) is 0 Å². The number of aryl methyl sites for hydroxylation is 1. The van der Waals surface area contributed by atoms with Gasteiger partial charge in [0.25, 0.3) is 5.56 Å². The van der Waals surface area contributed by atoms with Crippen LogP contribution in [0.2, 0.25) is 0 Å². The van der Waals surface area contributed by atoms with E-state index in [-0.39, 0.29) is 11.3 Å². The molecule has 2 aromatic carbocycles. The van der Waals surface area contributed by atoms with Crippen molar-refractivity contribution in [2.45, 2.75) is 0 Å². The largest absolute Gasteiger partial charge is 0.506 e. The minimum atomic E-state index is -0.237. The van der Waals surface area contributed by atoms with Crippen LogP contribution in [0.1, 0.15) is 0 Å². The minimum absolute atomic E-state index is 0.00181. The molecule has 4 heteroatoms. The first-order valence-electron chi connectivity index (χ1n) is 6.58. The lowest BCUT2D eigenvalue weighted by atomic mass is 10.0. The highest BCUT2D eigenvalue weighted by atomic mass is 16.5. The van der Waals surface area contributed by atoms with Crippen LogP contribution in [0.15, 0.2) is 53.3 Å². The average Bonchev–Trinajstić information content (AvgIpc) is 2.53. The number of hydrogen-bond acceptors (Lipinski definition) is 3. The summed E-state index contributed by atoms with van der Waals surface area (Å²) in [6.45, 7) is 0. The number of aromatic hydroxyl groups is 1. The predicted molar refractivity (Wildman–Crippen MR) is 82.8 cm³/mol. The van der Waals surface area contributed by atoms with E-state index in [0.29, 0.717) is 27.8 Å². The summed E-state index contributed by atoms with van der Waals surface area (Å²) in [6, 6.07) is 14.4. The maximum Gasteiger partial charge on any atom is 0.262 e. The van der Waals surface area contributed by atoms with Gasteiger partial charge in [-0.1, -0.05) is 30.3 Å². The third-order valence-electron chi connectivity index (χ3n) is 3.64. The second-order valence-corrected chi connectivity index (χ2v) is 4.84. The number of nitrogens with zero attached hydrogens (tertiary/aromatic N) is 1. The van der Waals surface area contributed by atoms with Gasteiger partial charge in [0, 0.05) is 18.5 Å². The normalized spacial score (nSPS) is 10.8. The Kier molecular flexibility index (Phi) is 3.14. The number of rotatable bonds is 2. The fourth-order valence-corrected chi connectivity index (χ4v) is 2.49. The number of hydrogen-bond donors (Lipinski definition) is 1. The van der Waals surface area contributed by atoms with Crippen LogP contribution in [0.4, 0.5) is 0 Å². The van der Waals surface area contributed by atoms with Crippen molar-refractivity contribution < 1.29 is 9.84 Å². The van der Waals surface area contributed by atoms with Crippen LogP contribution in [-0.2, 0) is 7.05 Å². The quantitative estimate of drug-likeness (QED) is 0.785. The molecule has 0 saturated heterocycles.